The zero-order valence-corrected chi connectivity index (χ0v) is 16.1. The highest BCUT2D eigenvalue weighted by atomic mass is 35.5. The van der Waals surface area contributed by atoms with Crippen LogP contribution < -0.4 is 0 Å². The normalized spacial score (nSPS) is 12.4. The third-order valence-corrected chi connectivity index (χ3v) is 4.42. The molecule has 6 heteroatoms. The van der Waals surface area contributed by atoms with Crippen LogP contribution in [0.2, 0.25) is 5.02 Å². The van der Waals surface area contributed by atoms with Gasteiger partial charge in [0.1, 0.15) is 0 Å². The number of halogens is 1. The standard InChI is InChI=1S/C19H26ClN3O2/c1-5-14(4)23(18(24)12-13(2)3)11-10-17-21-19(22-25-17)15-6-8-16(20)9-7-15/h6-9,13-14H,5,10-12H2,1-4H3. The Kier molecular flexibility index (Phi) is 7.00. The summed E-state index contributed by atoms with van der Waals surface area (Å²) in [6, 6.07) is 7.50. The molecule has 0 aliphatic heterocycles. The van der Waals surface area contributed by atoms with Crippen LogP contribution in [-0.4, -0.2) is 33.5 Å². The van der Waals surface area contributed by atoms with E-state index in [1.54, 1.807) is 12.1 Å². The molecule has 1 amide bonds. The van der Waals surface area contributed by atoms with Crippen molar-refractivity contribution in [3.63, 3.8) is 0 Å². The van der Waals surface area contributed by atoms with Gasteiger partial charge in [-0.25, -0.2) is 0 Å². The minimum Gasteiger partial charge on any atom is -0.339 e. The molecule has 1 aromatic carbocycles. The molecule has 0 bridgehead atoms. The first-order chi connectivity index (χ1) is 11.9. The highest BCUT2D eigenvalue weighted by Gasteiger charge is 2.20. The highest BCUT2D eigenvalue weighted by molar-refractivity contribution is 6.30. The Bertz CT molecular complexity index is 682. The topological polar surface area (TPSA) is 59.2 Å². The number of hydrogen-bond donors (Lipinski definition) is 0. The van der Waals surface area contributed by atoms with Gasteiger partial charge in [0.15, 0.2) is 0 Å². The fraction of sp³-hybridized carbons (Fsp3) is 0.526. The second-order valence-electron chi connectivity index (χ2n) is 6.71. The number of rotatable bonds is 8. The van der Waals surface area contributed by atoms with Crippen molar-refractivity contribution in [2.75, 3.05) is 6.54 Å². The number of carbonyl (C=O) groups excluding carboxylic acids is 1. The van der Waals surface area contributed by atoms with Crippen LogP contribution in [-0.2, 0) is 11.2 Å². The first-order valence-corrected chi connectivity index (χ1v) is 9.16. The molecule has 2 aromatic rings. The van der Waals surface area contributed by atoms with Crippen LogP contribution in [0.15, 0.2) is 28.8 Å². The second-order valence-corrected chi connectivity index (χ2v) is 7.15. The summed E-state index contributed by atoms with van der Waals surface area (Å²) < 4.78 is 5.34. The molecule has 1 heterocycles. The number of amides is 1. The van der Waals surface area contributed by atoms with E-state index in [2.05, 4.69) is 37.8 Å². The average molecular weight is 364 g/mol. The van der Waals surface area contributed by atoms with Gasteiger partial charge in [0.2, 0.25) is 17.6 Å². The van der Waals surface area contributed by atoms with Gasteiger partial charge in [-0.15, -0.1) is 0 Å². The van der Waals surface area contributed by atoms with Crippen LogP contribution in [0.4, 0.5) is 0 Å². The van der Waals surface area contributed by atoms with Crippen molar-refractivity contribution in [2.45, 2.75) is 53.0 Å². The van der Waals surface area contributed by atoms with Gasteiger partial charge in [-0.05, 0) is 43.5 Å². The first kappa shape index (κ1) is 19.4. The van der Waals surface area contributed by atoms with E-state index in [1.165, 1.54) is 0 Å². The first-order valence-electron chi connectivity index (χ1n) is 8.78. The van der Waals surface area contributed by atoms with Gasteiger partial charge in [0, 0.05) is 36.0 Å². The lowest BCUT2D eigenvalue weighted by Crippen LogP contribution is -2.40. The molecule has 5 nitrogen and oxygen atoms in total. The molecule has 0 radical (unpaired) electrons. The minimum absolute atomic E-state index is 0.182. The van der Waals surface area contributed by atoms with Gasteiger partial charge in [-0.2, -0.15) is 4.98 Å². The Labute approximate surface area is 154 Å². The summed E-state index contributed by atoms with van der Waals surface area (Å²) in [7, 11) is 0. The molecule has 25 heavy (non-hydrogen) atoms. The van der Waals surface area contributed by atoms with E-state index >= 15 is 0 Å². The number of aromatic nitrogens is 2. The lowest BCUT2D eigenvalue weighted by Gasteiger charge is -2.29. The Balaban J connectivity index is 2.02. The largest absolute Gasteiger partial charge is 0.339 e. The second kappa shape index (κ2) is 8.99. The van der Waals surface area contributed by atoms with Gasteiger partial charge < -0.3 is 9.42 Å². The van der Waals surface area contributed by atoms with Crippen molar-refractivity contribution in [1.29, 1.82) is 0 Å². The third kappa shape index (κ3) is 5.56. The average Bonchev–Trinajstić information content (AvgIpc) is 3.03. The van der Waals surface area contributed by atoms with Gasteiger partial charge in [-0.3, -0.25) is 4.79 Å². The Morgan fingerprint density at radius 2 is 1.92 bits per heavy atom. The van der Waals surface area contributed by atoms with Crippen LogP contribution in [0.3, 0.4) is 0 Å². The maximum absolute atomic E-state index is 12.5. The highest BCUT2D eigenvalue weighted by Crippen LogP contribution is 2.19. The van der Waals surface area contributed by atoms with Crippen molar-refractivity contribution in [2.24, 2.45) is 5.92 Å². The van der Waals surface area contributed by atoms with E-state index in [0.29, 0.717) is 42.0 Å². The summed E-state index contributed by atoms with van der Waals surface area (Å²) in [4.78, 5) is 18.8. The van der Waals surface area contributed by atoms with Crippen LogP contribution in [0.5, 0.6) is 0 Å². The van der Waals surface area contributed by atoms with E-state index in [9.17, 15) is 4.79 Å². The maximum Gasteiger partial charge on any atom is 0.228 e. The predicted octanol–water partition coefficient (Wildman–Crippen LogP) is 4.61. The van der Waals surface area contributed by atoms with Crippen LogP contribution in [0.1, 0.15) is 46.4 Å². The van der Waals surface area contributed by atoms with E-state index in [4.69, 9.17) is 16.1 Å². The van der Waals surface area contributed by atoms with Gasteiger partial charge in [-0.1, -0.05) is 37.5 Å². The van der Waals surface area contributed by atoms with Gasteiger partial charge in [0.05, 0.1) is 0 Å². The molecule has 1 unspecified atom stereocenters. The van der Waals surface area contributed by atoms with Crippen LogP contribution in [0, 0.1) is 5.92 Å². The predicted molar refractivity (Wildman–Crippen MR) is 99.4 cm³/mol. The molecule has 136 valence electrons. The molecule has 0 aliphatic carbocycles. The van der Waals surface area contributed by atoms with E-state index in [1.807, 2.05) is 17.0 Å². The smallest absolute Gasteiger partial charge is 0.228 e. The lowest BCUT2D eigenvalue weighted by molar-refractivity contribution is -0.134. The quantitative estimate of drug-likeness (QED) is 0.687. The molecule has 0 saturated heterocycles. The summed E-state index contributed by atoms with van der Waals surface area (Å²) in [5.41, 5.74) is 0.856. The Hall–Kier alpha value is -1.88. The molecule has 0 spiro atoms. The maximum atomic E-state index is 12.5. The zero-order valence-electron chi connectivity index (χ0n) is 15.3. The van der Waals surface area contributed by atoms with E-state index in [0.717, 1.165) is 12.0 Å². The molecule has 0 saturated carbocycles. The van der Waals surface area contributed by atoms with Gasteiger partial charge >= 0.3 is 0 Å². The van der Waals surface area contributed by atoms with E-state index < -0.39 is 0 Å². The molecule has 0 N–H and O–H groups in total. The number of carbonyl (C=O) groups is 1. The minimum atomic E-state index is 0.182. The van der Waals surface area contributed by atoms with Crippen molar-refractivity contribution >= 4 is 17.5 Å². The number of benzene rings is 1. The molecule has 1 atom stereocenters. The third-order valence-electron chi connectivity index (χ3n) is 4.16. The van der Waals surface area contributed by atoms with Crippen molar-refractivity contribution in [3.05, 3.63) is 35.2 Å². The summed E-state index contributed by atoms with van der Waals surface area (Å²) in [6.45, 7) is 8.87. The SMILES string of the molecule is CCC(C)N(CCc1nc(-c2ccc(Cl)cc2)no1)C(=O)CC(C)C. The Morgan fingerprint density at radius 1 is 1.24 bits per heavy atom. The number of hydrogen-bond acceptors (Lipinski definition) is 4. The van der Waals surface area contributed by atoms with Crippen LogP contribution in [0.25, 0.3) is 11.4 Å². The van der Waals surface area contributed by atoms with E-state index in [-0.39, 0.29) is 11.9 Å². The molecular formula is C19H26ClN3O2. The fourth-order valence-corrected chi connectivity index (χ4v) is 2.69. The summed E-state index contributed by atoms with van der Waals surface area (Å²) in [5, 5.41) is 4.69. The number of nitrogens with zero attached hydrogens (tertiary/aromatic N) is 3. The molecule has 1 aromatic heterocycles. The lowest BCUT2D eigenvalue weighted by atomic mass is 10.1. The molecular weight excluding hydrogens is 338 g/mol. The Morgan fingerprint density at radius 3 is 2.52 bits per heavy atom. The molecule has 2 rings (SSSR count). The van der Waals surface area contributed by atoms with Gasteiger partial charge in [0.25, 0.3) is 0 Å². The fourth-order valence-electron chi connectivity index (χ4n) is 2.57. The molecule has 0 fully saturated rings. The van der Waals surface area contributed by atoms with Crippen molar-refractivity contribution in [3.8, 4) is 11.4 Å². The monoisotopic (exact) mass is 363 g/mol. The van der Waals surface area contributed by atoms with Crippen molar-refractivity contribution in [1.82, 2.24) is 15.0 Å². The summed E-state index contributed by atoms with van der Waals surface area (Å²) in [6.07, 6.45) is 2.03. The van der Waals surface area contributed by atoms with Crippen molar-refractivity contribution < 1.29 is 9.32 Å². The summed E-state index contributed by atoms with van der Waals surface area (Å²) >= 11 is 5.90. The van der Waals surface area contributed by atoms with Crippen LogP contribution >= 0.6 is 11.6 Å². The zero-order chi connectivity index (χ0) is 18.4. The summed E-state index contributed by atoms with van der Waals surface area (Å²) in [5.74, 6) is 1.60. The molecule has 0 aliphatic rings.